The van der Waals surface area contributed by atoms with Crippen molar-refractivity contribution in [2.24, 2.45) is 17.8 Å². The van der Waals surface area contributed by atoms with Gasteiger partial charge in [0, 0.05) is 33.6 Å². The van der Waals surface area contributed by atoms with Crippen molar-refractivity contribution in [3.05, 3.63) is 48.8 Å². The van der Waals surface area contributed by atoms with E-state index in [2.05, 4.69) is 40.2 Å². The lowest BCUT2D eigenvalue weighted by Crippen LogP contribution is -2.43. The molecule has 8 heteroatoms. The van der Waals surface area contributed by atoms with Gasteiger partial charge in [-0.2, -0.15) is 0 Å². The molecule has 5 nitrogen and oxygen atoms in total. The minimum absolute atomic E-state index is 0.00791. The van der Waals surface area contributed by atoms with E-state index in [1.807, 2.05) is 16.7 Å². The van der Waals surface area contributed by atoms with Crippen LogP contribution < -0.4 is 4.87 Å². The Bertz CT molecular complexity index is 1060. The van der Waals surface area contributed by atoms with Gasteiger partial charge in [-0.3, -0.25) is 14.2 Å². The predicted octanol–water partition coefficient (Wildman–Crippen LogP) is 4.18. The molecular weight excluding hydrogens is 496 g/mol. The second-order valence-corrected chi connectivity index (χ2v) is 12.2. The third kappa shape index (κ3) is 3.45. The number of nitrogens with zero attached hydrogens (tertiary/aromatic N) is 2. The summed E-state index contributed by atoms with van der Waals surface area (Å²) in [5.74, 6) is 2.39. The molecule has 3 fully saturated rings. The largest absolute Gasteiger partial charge is 0.378 e. The molecule has 1 saturated heterocycles. The van der Waals surface area contributed by atoms with Gasteiger partial charge in [0.15, 0.2) is 0 Å². The number of morpholine rings is 1. The summed E-state index contributed by atoms with van der Waals surface area (Å²) in [6.45, 7) is 2.54. The summed E-state index contributed by atoms with van der Waals surface area (Å²) < 4.78 is 8.23. The normalized spacial score (nSPS) is 31.5. The number of fused-ring (bicyclic) bond motifs is 6. The molecule has 164 valence electrons. The summed E-state index contributed by atoms with van der Waals surface area (Å²) in [5.41, 5.74) is 1.31. The first-order valence-electron chi connectivity index (χ1n) is 11.1. The van der Waals surface area contributed by atoms with Crippen LogP contribution in [0.25, 0.3) is 0 Å². The molecule has 2 aliphatic carbocycles. The Balaban J connectivity index is 1.40. The summed E-state index contributed by atoms with van der Waals surface area (Å²) in [4.78, 5) is 29.1. The van der Waals surface area contributed by atoms with Crippen LogP contribution in [0.3, 0.4) is 0 Å². The van der Waals surface area contributed by atoms with Crippen molar-refractivity contribution >= 4 is 44.9 Å². The molecule has 1 aromatic heterocycles. The molecule has 4 aliphatic rings. The number of carbonyl (C=O) groups excluding carboxylic acids is 1. The Morgan fingerprint density at radius 2 is 1.87 bits per heavy atom. The van der Waals surface area contributed by atoms with E-state index < -0.39 is 0 Å². The number of ether oxygens (including phenoxy) is 1. The Labute approximate surface area is 198 Å². The second-order valence-electron chi connectivity index (χ2n) is 9.14. The van der Waals surface area contributed by atoms with Crippen molar-refractivity contribution in [2.45, 2.75) is 42.0 Å². The fourth-order valence-corrected chi connectivity index (χ4v) is 9.59. The highest BCUT2D eigenvalue weighted by atomic mass is 79.9. The first-order chi connectivity index (χ1) is 15.1. The van der Waals surface area contributed by atoms with Gasteiger partial charge in [-0.25, -0.2) is 0 Å². The van der Waals surface area contributed by atoms with E-state index in [4.69, 9.17) is 4.74 Å². The third-order valence-corrected chi connectivity index (χ3v) is 10.9. The van der Waals surface area contributed by atoms with Gasteiger partial charge in [0.2, 0.25) is 5.91 Å². The maximum atomic E-state index is 13.1. The number of thioether (sulfide) groups is 1. The molecule has 0 radical (unpaired) electrons. The molecule has 0 unspecified atom stereocenters. The van der Waals surface area contributed by atoms with E-state index >= 15 is 0 Å². The highest BCUT2D eigenvalue weighted by molar-refractivity contribution is 9.10. The van der Waals surface area contributed by atoms with E-state index in [1.54, 1.807) is 4.57 Å². The van der Waals surface area contributed by atoms with Gasteiger partial charge >= 0.3 is 4.87 Å². The fourth-order valence-electron chi connectivity index (χ4n) is 6.18. The molecule has 3 heterocycles. The second kappa shape index (κ2) is 8.04. The topological polar surface area (TPSA) is 51.5 Å². The van der Waals surface area contributed by atoms with Crippen LogP contribution in [0.15, 0.2) is 38.6 Å². The van der Waals surface area contributed by atoms with Crippen molar-refractivity contribution < 1.29 is 9.53 Å². The number of rotatable bonds is 3. The number of hydrogen-bond acceptors (Lipinski definition) is 5. The van der Waals surface area contributed by atoms with Gasteiger partial charge in [0.25, 0.3) is 0 Å². The number of benzene rings is 1. The van der Waals surface area contributed by atoms with Crippen LogP contribution in [0, 0.1) is 17.8 Å². The van der Waals surface area contributed by atoms with Crippen LogP contribution in [-0.2, 0) is 16.1 Å². The van der Waals surface area contributed by atoms with Crippen LogP contribution >= 0.6 is 39.0 Å². The van der Waals surface area contributed by atoms with Crippen molar-refractivity contribution in [1.29, 1.82) is 0 Å². The predicted molar refractivity (Wildman–Crippen MR) is 126 cm³/mol. The monoisotopic (exact) mass is 520 g/mol. The summed E-state index contributed by atoms with van der Waals surface area (Å²) in [7, 11) is 0. The number of halogens is 1. The summed E-state index contributed by atoms with van der Waals surface area (Å²) in [6, 6.07) is 8.65. The molecule has 2 saturated carbocycles. The minimum atomic E-state index is 0.00791. The van der Waals surface area contributed by atoms with E-state index in [9.17, 15) is 9.59 Å². The van der Waals surface area contributed by atoms with Crippen LogP contribution in [0.4, 0.5) is 0 Å². The van der Waals surface area contributed by atoms with Gasteiger partial charge < -0.3 is 9.64 Å². The van der Waals surface area contributed by atoms with Gasteiger partial charge in [-0.15, -0.1) is 11.8 Å². The number of thiazole rings is 1. The third-order valence-electron chi connectivity index (χ3n) is 7.58. The number of aromatic nitrogens is 1. The molecule has 0 spiro atoms. The number of carbonyl (C=O) groups is 1. The number of amides is 1. The van der Waals surface area contributed by atoms with Gasteiger partial charge in [-0.05, 0) is 54.7 Å². The molecule has 2 aromatic rings. The summed E-state index contributed by atoms with van der Waals surface area (Å²) in [6.07, 6.45) is 3.95. The Hall–Kier alpha value is -1.09. The molecule has 1 amide bonds. The Morgan fingerprint density at radius 1 is 1.13 bits per heavy atom. The van der Waals surface area contributed by atoms with Gasteiger partial charge in [0.05, 0.1) is 18.2 Å². The fraction of sp³-hybridized carbons (Fsp3) is 0.565. The Morgan fingerprint density at radius 3 is 2.65 bits per heavy atom. The van der Waals surface area contributed by atoms with Crippen LogP contribution in [-0.4, -0.2) is 46.9 Å². The van der Waals surface area contributed by atoms with Gasteiger partial charge in [0.1, 0.15) is 6.54 Å². The smallest absolute Gasteiger partial charge is 0.308 e. The first-order valence-corrected chi connectivity index (χ1v) is 13.6. The average molecular weight is 522 g/mol. The zero-order chi connectivity index (χ0) is 21.1. The molecule has 0 N–H and O–H groups in total. The molecule has 1 aromatic carbocycles. The molecule has 31 heavy (non-hydrogen) atoms. The molecule has 6 rings (SSSR count). The molecule has 2 bridgehead atoms. The summed E-state index contributed by atoms with van der Waals surface area (Å²) in [5, 5.41) is 1.61. The standard InChI is InChI=1S/C23H25BrN2O3S2/c24-16-5-3-13(4-6-16)18-19-14-1-2-15(11-14)20(19)30-22-21(18)31-23(28)26(22)12-17(27)25-7-9-29-10-8-25/h3-6,14-15,18-20H,1-2,7-12H2/t14-,15-,18-,19-,20+/m0/s1. The Kier molecular flexibility index (Phi) is 5.32. The van der Waals surface area contributed by atoms with E-state index in [-0.39, 0.29) is 23.2 Å². The van der Waals surface area contributed by atoms with Crippen LogP contribution in [0.2, 0.25) is 0 Å². The van der Waals surface area contributed by atoms with Gasteiger partial charge in [-0.1, -0.05) is 39.4 Å². The van der Waals surface area contributed by atoms with Crippen molar-refractivity contribution in [2.75, 3.05) is 26.3 Å². The first kappa shape index (κ1) is 20.5. The lowest BCUT2D eigenvalue weighted by atomic mass is 9.75. The van der Waals surface area contributed by atoms with E-state index in [0.717, 1.165) is 21.3 Å². The van der Waals surface area contributed by atoms with E-state index in [1.165, 1.54) is 41.0 Å². The quantitative estimate of drug-likeness (QED) is 0.608. The maximum absolute atomic E-state index is 13.1. The summed E-state index contributed by atoms with van der Waals surface area (Å²) >= 11 is 6.83. The highest BCUT2D eigenvalue weighted by Gasteiger charge is 2.55. The zero-order valence-electron chi connectivity index (χ0n) is 17.2. The van der Waals surface area contributed by atoms with Crippen molar-refractivity contribution in [3.63, 3.8) is 0 Å². The SMILES string of the molecule is O=C(Cn1c2c(sc1=O)[C@@H](c1ccc(Br)cc1)[C@@H]1[C@H]3CC[C@@H](C3)[C@H]1S2)N1CCOCC1. The maximum Gasteiger partial charge on any atom is 0.308 e. The van der Waals surface area contributed by atoms with Crippen LogP contribution in [0.1, 0.15) is 35.6 Å². The van der Waals surface area contributed by atoms with Crippen molar-refractivity contribution in [1.82, 2.24) is 9.47 Å². The highest BCUT2D eigenvalue weighted by Crippen LogP contribution is 2.64. The number of hydrogen-bond donors (Lipinski definition) is 0. The molecule has 2 aliphatic heterocycles. The minimum Gasteiger partial charge on any atom is -0.378 e. The zero-order valence-corrected chi connectivity index (χ0v) is 20.4. The average Bonchev–Trinajstić information content (AvgIpc) is 3.48. The van der Waals surface area contributed by atoms with Crippen LogP contribution in [0.5, 0.6) is 0 Å². The molecular formula is C23H25BrN2O3S2. The van der Waals surface area contributed by atoms with E-state index in [0.29, 0.717) is 37.5 Å². The lowest BCUT2D eigenvalue weighted by Gasteiger charge is -2.40. The molecule has 5 atom stereocenters. The van der Waals surface area contributed by atoms with Crippen molar-refractivity contribution in [3.8, 4) is 0 Å². The lowest BCUT2D eigenvalue weighted by molar-refractivity contribution is -0.136.